The quantitative estimate of drug-likeness (QED) is 0.325. The van der Waals surface area contributed by atoms with E-state index in [9.17, 15) is 20.4 Å². The highest BCUT2D eigenvalue weighted by Crippen LogP contribution is 2.46. The molecule has 0 saturated heterocycles. The van der Waals surface area contributed by atoms with Crippen LogP contribution in [0.2, 0.25) is 0 Å². The van der Waals surface area contributed by atoms with Gasteiger partial charge in [0.25, 0.3) is 5.60 Å². The second-order valence-corrected chi connectivity index (χ2v) is 6.26. The molecular formula is C22H18N2O3. The van der Waals surface area contributed by atoms with E-state index >= 15 is 0 Å². The Morgan fingerprint density at radius 3 is 2.00 bits per heavy atom. The summed E-state index contributed by atoms with van der Waals surface area (Å²) >= 11 is 0. The van der Waals surface area contributed by atoms with Gasteiger partial charge in [-0.05, 0) is 28.7 Å². The number of aliphatic hydroxyl groups is 1. The number of unbranched alkanes of at least 4 members (excludes halogenated alkanes) is 1. The molecule has 0 amide bonds. The van der Waals surface area contributed by atoms with Crippen LogP contribution in [0, 0.1) is 22.7 Å². The number of nitrogens with zero attached hydrogens (tertiary/aromatic N) is 2. The van der Waals surface area contributed by atoms with E-state index in [-0.39, 0.29) is 12.2 Å². The Kier molecular flexibility index (Phi) is 5.07. The molecule has 1 aliphatic rings. The Bertz CT molecular complexity index is 963. The minimum Gasteiger partial charge on any atom is -0.462 e. The van der Waals surface area contributed by atoms with Crippen molar-refractivity contribution < 1.29 is 14.6 Å². The lowest BCUT2D eigenvalue weighted by Gasteiger charge is -2.20. The van der Waals surface area contributed by atoms with Crippen molar-refractivity contribution in [2.24, 2.45) is 0 Å². The fourth-order valence-electron chi connectivity index (χ4n) is 3.22. The van der Waals surface area contributed by atoms with Crippen LogP contribution >= 0.6 is 0 Å². The first kappa shape index (κ1) is 18.4. The van der Waals surface area contributed by atoms with Crippen molar-refractivity contribution in [2.45, 2.75) is 25.4 Å². The number of benzene rings is 2. The summed E-state index contributed by atoms with van der Waals surface area (Å²) in [4.78, 5) is 12.5. The van der Waals surface area contributed by atoms with Crippen LogP contribution in [0.5, 0.6) is 0 Å². The van der Waals surface area contributed by atoms with Crippen LogP contribution in [-0.2, 0) is 9.53 Å². The summed E-state index contributed by atoms with van der Waals surface area (Å²) in [6.07, 6.45) is 1.41. The van der Waals surface area contributed by atoms with Gasteiger partial charge in [0, 0.05) is 5.57 Å². The van der Waals surface area contributed by atoms with Crippen molar-refractivity contribution in [1.82, 2.24) is 0 Å². The number of esters is 1. The summed E-state index contributed by atoms with van der Waals surface area (Å²) in [5.74, 6) is -1.12. The van der Waals surface area contributed by atoms with Crippen LogP contribution in [0.15, 0.2) is 54.1 Å². The van der Waals surface area contributed by atoms with Gasteiger partial charge in [-0.2, -0.15) is 10.5 Å². The summed E-state index contributed by atoms with van der Waals surface area (Å²) in [6, 6.07) is 18.3. The third-order valence-corrected chi connectivity index (χ3v) is 4.59. The monoisotopic (exact) mass is 358 g/mol. The van der Waals surface area contributed by atoms with Crippen LogP contribution in [0.25, 0.3) is 16.7 Å². The molecule has 0 fully saturated rings. The van der Waals surface area contributed by atoms with E-state index in [2.05, 4.69) is 0 Å². The first-order valence-electron chi connectivity index (χ1n) is 8.73. The van der Waals surface area contributed by atoms with Crippen molar-refractivity contribution in [1.29, 1.82) is 10.5 Å². The van der Waals surface area contributed by atoms with Gasteiger partial charge in [0.1, 0.15) is 12.1 Å². The van der Waals surface area contributed by atoms with Crippen molar-refractivity contribution in [3.63, 3.8) is 0 Å². The first-order valence-corrected chi connectivity index (χ1v) is 8.73. The average molecular weight is 358 g/mol. The molecule has 0 saturated carbocycles. The molecule has 2 aromatic carbocycles. The molecule has 1 atom stereocenters. The predicted molar refractivity (Wildman–Crippen MR) is 99.9 cm³/mol. The molecule has 5 nitrogen and oxygen atoms in total. The lowest BCUT2D eigenvalue weighted by Crippen LogP contribution is -2.41. The largest absolute Gasteiger partial charge is 0.462 e. The molecule has 0 spiro atoms. The molecule has 1 N–H and O–H groups in total. The lowest BCUT2D eigenvalue weighted by molar-refractivity contribution is -0.156. The number of carbonyl (C=O) groups excluding carboxylic acids is 1. The van der Waals surface area contributed by atoms with E-state index in [0.717, 1.165) is 17.5 Å². The van der Waals surface area contributed by atoms with E-state index < -0.39 is 11.6 Å². The molecule has 0 aromatic heterocycles. The SMILES string of the molecule is CCCCOC(=O)C(O)(C#N)C(C#N)=C1c2ccccc2-c2ccccc21. The fraction of sp³-hybridized carbons (Fsp3) is 0.227. The Morgan fingerprint density at radius 2 is 1.56 bits per heavy atom. The van der Waals surface area contributed by atoms with Crippen molar-refractivity contribution in [2.75, 3.05) is 6.61 Å². The highest BCUT2D eigenvalue weighted by atomic mass is 16.5. The van der Waals surface area contributed by atoms with Gasteiger partial charge in [-0.25, -0.2) is 4.79 Å². The zero-order chi connectivity index (χ0) is 19.4. The number of nitriles is 2. The van der Waals surface area contributed by atoms with Crippen molar-refractivity contribution in [3.8, 4) is 23.3 Å². The molecule has 0 aliphatic heterocycles. The number of hydrogen-bond acceptors (Lipinski definition) is 5. The number of carbonyl (C=O) groups is 1. The normalized spacial score (nSPS) is 13.6. The van der Waals surface area contributed by atoms with Gasteiger partial charge in [-0.15, -0.1) is 0 Å². The standard InChI is InChI=1S/C22H18N2O3/c1-2-3-12-27-21(25)22(26,14-24)19(13-23)20-17-10-6-4-8-15(17)16-9-5-7-11-18(16)20/h4-11,26H,2-3,12H2,1H3. The number of fused-ring (bicyclic) bond motifs is 3. The summed E-state index contributed by atoms with van der Waals surface area (Å²) < 4.78 is 5.06. The van der Waals surface area contributed by atoms with E-state index in [0.29, 0.717) is 23.1 Å². The van der Waals surface area contributed by atoms with Crippen molar-refractivity contribution in [3.05, 3.63) is 65.2 Å². The van der Waals surface area contributed by atoms with E-state index in [1.807, 2.05) is 61.5 Å². The summed E-state index contributed by atoms with van der Waals surface area (Å²) in [5.41, 5.74) is 0.577. The maximum atomic E-state index is 12.5. The highest BCUT2D eigenvalue weighted by Gasteiger charge is 2.46. The molecule has 0 heterocycles. The first-order chi connectivity index (χ1) is 13.1. The van der Waals surface area contributed by atoms with Crippen LogP contribution in [0.4, 0.5) is 0 Å². The molecule has 0 radical (unpaired) electrons. The summed E-state index contributed by atoms with van der Waals surface area (Å²) in [7, 11) is 0. The van der Waals surface area contributed by atoms with Gasteiger partial charge >= 0.3 is 5.97 Å². The molecule has 1 aliphatic carbocycles. The maximum Gasteiger partial charge on any atom is 0.359 e. The lowest BCUT2D eigenvalue weighted by atomic mass is 9.87. The number of hydrogen-bond donors (Lipinski definition) is 1. The zero-order valence-electron chi connectivity index (χ0n) is 14.9. The van der Waals surface area contributed by atoms with E-state index in [1.165, 1.54) is 0 Å². The van der Waals surface area contributed by atoms with Crippen LogP contribution < -0.4 is 0 Å². The predicted octanol–water partition coefficient (Wildman–Crippen LogP) is 3.59. The maximum absolute atomic E-state index is 12.5. The summed E-state index contributed by atoms with van der Waals surface area (Å²) in [5, 5.41) is 30.2. The molecule has 1 unspecified atom stereocenters. The average Bonchev–Trinajstić information content (AvgIpc) is 3.03. The smallest absolute Gasteiger partial charge is 0.359 e. The molecule has 0 bridgehead atoms. The molecule has 134 valence electrons. The van der Waals surface area contributed by atoms with Crippen molar-refractivity contribution >= 4 is 11.5 Å². The second-order valence-electron chi connectivity index (χ2n) is 6.26. The Morgan fingerprint density at radius 1 is 1.04 bits per heavy atom. The minimum absolute atomic E-state index is 0.0839. The van der Waals surface area contributed by atoms with Gasteiger partial charge < -0.3 is 9.84 Å². The second kappa shape index (κ2) is 7.45. The topological polar surface area (TPSA) is 94.1 Å². The minimum atomic E-state index is -2.66. The van der Waals surface area contributed by atoms with Gasteiger partial charge in [0.15, 0.2) is 0 Å². The van der Waals surface area contributed by atoms with E-state index in [4.69, 9.17) is 4.74 Å². The highest BCUT2D eigenvalue weighted by molar-refractivity contribution is 6.06. The van der Waals surface area contributed by atoms with Crippen LogP contribution in [0.3, 0.4) is 0 Å². The molecule has 27 heavy (non-hydrogen) atoms. The molecule has 2 aromatic rings. The van der Waals surface area contributed by atoms with Gasteiger partial charge in [0.05, 0.1) is 12.2 Å². The Labute approximate surface area is 157 Å². The molecule has 3 rings (SSSR count). The molecular weight excluding hydrogens is 340 g/mol. The summed E-state index contributed by atoms with van der Waals surface area (Å²) in [6.45, 7) is 2.01. The van der Waals surface area contributed by atoms with Gasteiger partial charge in [0.2, 0.25) is 0 Å². The van der Waals surface area contributed by atoms with Crippen LogP contribution in [0.1, 0.15) is 30.9 Å². The zero-order valence-corrected chi connectivity index (χ0v) is 14.9. The van der Waals surface area contributed by atoms with E-state index in [1.54, 1.807) is 6.07 Å². The molecule has 5 heteroatoms. The van der Waals surface area contributed by atoms with Crippen LogP contribution in [-0.4, -0.2) is 23.3 Å². The Hall–Kier alpha value is -3.41. The van der Waals surface area contributed by atoms with Gasteiger partial charge in [-0.1, -0.05) is 61.9 Å². The Balaban J connectivity index is 2.21. The number of rotatable bonds is 5. The number of ether oxygens (including phenoxy) is 1. The third kappa shape index (κ3) is 2.99. The van der Waals surface area contributed by atoms with Gasteiger partial charge in [-0.3, -0.25) is 0 Å². The third-order valence-electron chi connectivity index (χ3n) is 4.59. The fourth-order valence-corrected chi connectivity index (χ4v) is 3.22.